The molecule has 1 heterocycles. The quantitative estimate of drug-likeness (QED) is 0.706. The molecular weight excluding hydrogens is 388 g/mol. The summed E-state index contributed by atoms with van der Waals surface area (Å²) in [5.41, 5.74) is -0.0868. The van der Waals surface area contributed by atoms with E-state index in [-0.39, 0.29) is 34.0 Å². The van der Waals surface area contributed by atoms with Crippen LogP contribution in [0.5, 0.6) is 0 Å². The molecule has 1 amide bonds. The number of carbonyl (C=O) groups is 1. The molecule has 0 saturated carbocycles. The van der Waals surface area contributed by atoms with Gasteiger partial charge >= 0.3 is 6.18 Å². The van der Waals surface area contributed by atoms with E-state index in [1.807, 2.05) is 13.8 Å². The summed E-state index contributed by atoms with van der Waals surface area (Å²) in [6.45, 7) is 4.06. The fourth-order valence-corrected chi connectivity index (χ4v) is 2.89. The molecular formula is C18H17Cl2F3N2O. The van der Waals surface area contributed by atoms with Crippen molar-refractivity contribution in [3.05, 3.63) is 63.4 Å². The Balaban J connectivity index is 2.14. The number of halogens is 5. The summed E-state index contributed by atoms with van der Waals surface area (Å²) in [4.78, 5) is 15.8. The van der Waals surface area contributed by atoms with Crippen LogP contribution in [0.15, 0.2) is 36.5 Å². The van der Waals surface area contributed by atoms with Crippen molar-refractivity contribution in [2.24, 2.45) is 5.92 Å². The lowest BCUT2D eigenvalue weighted by Gasteiger charge is -2.22. The van der Waals surface area contributed by atoms with Crippen LogP contribution in [0, 0.1) is 5.92 Å². The van der Waals surface area contributed by atoms with Gasteiger partial charge in [0.05, 0.1) is 15.6 Å². The zero-order valence-corrected chi connectivity index (χ0v) is 15.6. The number of aromatic nitrogens is 1. The van der Waals surface area contributed by atoms with Gasteiger partial charge in [0.15, 0.2) is 0 Å². The first-order valence-electron chi connectivity index (χ1n) is 7.86. The first kappa shape index (κ1) is 20.5. The Morgan fingerprint density at radius 1 is 1.19 bits per heavy atom. The molecule has 0 saturated heterocycles. The lowest BCUT2D eigenvalue weighted by molar-refractivity contribution is -0.141. The molecule has 0 aliphatic rings. The molecule has 2 rings (SSSR count). The Kier molecular flexibility index (Phi) is 6.53. The smallest absolute Gasteiger partial charge is 0.351 e. The van der Waals surface area contributed by atoms with E-state index in [0.29, 0.717) is 5.56 Å². The van der Waals surface area contributed by atoms with Crippen LogP contribution in [0.25, 0.3) is 0 Å². The third kappa shape index (κ3) is 4.89. The molecule has 0 radical (unpaired) electrons. The van der Waals surface area contributed by atoms with Crippen molar-refractivity contribution in [1.29, 1.82) is 0 Å². The molecule has 1 atom stereocenters. The highest BCUT2D eigenvalue weighted by molar-refractivity contribution is 6.43. The predicted octanol–water partition coefficient (Wildman–Crippen LogP) is 5.58. The van der Waals surface area contributed by atoms with Crippen LogP contribution >= 0.6 is 23.2 Å². The zero-order valence-electron chi connectivity index (χ0n) is 14.1. The minimum atomic E-state index is -4.48. The van der Waals surface area contributed by atoms with Gasteiger partial charge < -0.3 is 5.32 Å². The number of hydrogen-bond donors (Lipinski definition) is 1. The molecule has 1 unspecified atom stereocenters. The highest BCUT2D eigenvalue weighted by Gasteiger charge is 2.32. The Labute approximate surface area is 159 Å². The monoisotopic (exact) mass is 404 g/mol. The topological polar surface area (TPSA) is 42.0 Å². The van der Waals surface area contributed by atoms with E-state index in [1.165, 1.54) is 12.3 Å². The molecule has 0 aliphatic carbocycles. The maximum absolute atomic E-state index is 12.6. The lowest BCUT2D eigenvalue weighted by Crippen LogP contribution is -2.30. The molecule has 1 N–H and O–H groups in total. The lowest BCUT2D eigenvalue weighted by atomic mass is 9.89. The third-order valence-electron chi connectivity index (χ3n) is 3.99. The van der Waals surface area contributed by atoms with E-state index in [9.17, 15) is 18.0 Å². The Morgan fingerprint density at radius 3 is 2.42 bits per heavy atom. The van der Waals surface area contributed by atoms with Gasteiger partial charge in [0.25, 0.3) is 5.91 Å². The van der Waals surface area contributed by atoms with E-state index < -0.39 is 17.8 Å². The number of amides is 1. The van der Waals surface area contributed by atoms with Crippen molar-refractivity contribution < 1.29 is 18.0 Å². The van der Waals surface area contributed by atoms with Crippen molar-refractivity contribution in [3.63, 3.8) is 0 Å². The summed E-state index contributed by atoms with van der Waals surface area (Å²) in [5.74, 6) is -0.529. The zero-order chi connectivity index (χ0) is 19.5. The molecule has 0 fully saturated rings. The fraction of sp³-hybridized carbons (Fsp3) is 0.333. The standard InChI is InChI=1S/C18H17Cl2F3N2O/c1-10(2)13(11-6-7-15(24-8-11)18(21,22)23)9-25-17(26)12-4-3-5-14(19)16(12)20/h3-8,10,13H,9H2,1-2H3,(H,25,26). The summed E-state index contributed by atoms with van der Waals surface area (Å²) in [7, 11) is 0. The average molecular weight is 405 g/mol. The molecule has 26 heavy (non-hydrogen) atoms. The maximum Gasteiger partial charge on any atom is 0.433 e. The number of hydrogen-bond acceptors (Lipinski definition) is 2. The molecule has 140 valence electrons. The van der Waals surface area contributed by atoms with Crippen molar-refractivity contribution in [2.45, 2.75) is 25.9 Å². The second-order valence-corrected chi connectivity index (χ2v) is 6.92. The van der Waals surface area contributed by atoms with Gasteiger partial charge in [0.2, 0.25) is 0 Å². The van der Waals surface area contributed by atoms with Gasteiger partial charge in [-0.15, -0.1) is 0 Å². The van der Waals surface area contributed by atoms with Crippen molar-refractivity contribution in [2.75, 3.05) is 6.54 Å². The summed E-state index contributed by atoms with van der Waals surface area (Å²) in [5, 5.41) is 3.19. The summed E-state index contributed by atoms with van der Waals surface area (Å²) in [6, 6.07) is 7.07. The van der Waals surface area contributed by atoms with Gasteiger partial charge in [-0.2, -0.15) is 13.2 Å². The first-order valence-corrected chi connectivity index (χ1v) is 8.62. The van der Waals surface area contributed by atoms with E-state index in [0.717, 1.165) is 6.07 Å². The van der Waals surface area contributed by atoms with Crippen molar-refractivity contribution >= 4 is 29.1 Å². The number of alkyl halides is 3. The summed E-state index contributed by atoms with van der Waals surface area (Å²) < 4.78 is 37.9. The highest BCUT2D eigenvalue weighted by atomic mass is 35.5. The Morgan fingerprint density at radius 2 is 1.88 bits per heavy atom. The third-order valence-corrected chi connectivity index (χ3v) is 4.81. The van der Waals surface area contributed by atoms with Gasteiger partial charge in [-0.05, 0) is 29.7 Å². The molecule has 0 aliphatic heterocycles. The van der Waals surface area contributed by atoms with Gasteiger partial charge in [0.1, 0.15) is 5.69 Å². The van der Waals surface area contributed by atoms with Crippen molar-refractivity contribution in [3.8, 4) is 0 Å². The highest BCUT2D eigenvalue weighted by Crippen LogP contribution is 2.30. The largest absolute Gasteiger partial charge is 0.433 e. The maximum atomic E-state index is 12.6. The number of nitrogens with zero attached hydrogens (tertiary/aromatic N) is 1. The van der Waals surface area contributed by atoms with Crippen molar-refractivity contribution in [1.82, 2.24) is 10.3 Å². The van der Waals surface area contributed by atoms with Gasteiger partial charge in [-0.1, -0.05) is 49.2 Å². The Bertz CT molecular complexity index is 777. The van der Waals surface area contributed by atoms with E-state index in [2.05, 4.69) is 10.3 Å². The molecule has 8 heteroatoms. The van der Waals surface area contributed by atoms with Gasteiger partial charge in [-0.25, -0.2) is 0 Å². The van der Waals surface area contributed by atoms with E-state index >= 15 is 0 Å². The predicted molar refractivity (Wildman–Crippen MR) is 95.6 cm³/mol. The van der Waals surface area contributed by atoms with Crippen LogP contribution in [0.4, 0.5) is 13.2 Å². The van der Waals surface area contributed by atoms with Crippen LogP contribution in [0.2, 0.25) is 10.0 Å². The molecule has 1 aromatic heterocycles. The molecule has 3 nitrogen and oxygen atoms in total. The molecule has 0 spiro atoms. The SMILES string of the molecule is CC(C)C(CNC(=O)c1cccc(Cl)c1Cl)c1ccc(C(F)(F)F)nc1. The molecule has 0 bridgehead atoms. The van der Waals surface area contributed by atoms with Gasteiger partial charge in [0, 0.05) is 18.7 Å². The summed E-state index contributed by atoms with van der Waals surface area (Å²) >= 11 is 11.9. The minimum absolute atomic E-state index is 0.0728. The Hall–Kier alpha value is -1.79. The van der Waals surface area contributed by atoms with Crippen LogP contribution in [0.1, 0.15) is 41.4 Å². The number of carbonyl (C=O) groups excluding carboxylic acids is 1. The molecule has 1 aromatic carbocycles. The normalized spacial score (nSPS) is 12.9. The van der Waals surface area contributed by atoms with E-state index in [4.69, 9.17) is 23.2 Å². The number of benzene rings is 1. The first-order chi connectivity index (χ1) is 12.1. The minimum Gasteiger partial charge on any atom is -0.351 e. The van der Waals surface area contributed by atoms with E-state index in [1.54, 1.807) is 18.2 Å². The van der Waals surface area contributed by atoms with Crippen LogP contribution in [-0.2, 0) is 6.18 Å². The number of nitrogens with one attached hydrogen (secondary N) is 1. The number of rotatable bonds is 5. The summed E-state index contributed by atoms with van der Waals surface area (Å²) in [6.07, 6.45) is -3.28. The van der Waals surface area contributed by atoms with Gasteiger partial charge in [-0.3, -0.25) is 9.78 Å². The van der Waals surface area contributed by atoms with Crippen LogP contribution in [0.3, 0.4) is 0 Å². The van der Waals surface area contributed by atoms with Crippen LogP contribution in [-0.4, -0.2) is 17.4 Å². The second kappa shape index (κ2) is 8.27. The fourth-order valence-electron chi connectivity index (χ4n) is 2.51. The number of pyridine rings is 1. The molecule has 2 aromatic rings. The van der Waals surface area contributed by atoms with Crippen LogP contribution < -0.4 is 5.32 Å². The average Bonchev–Trinajstić information content (AvgIpc) is 2.56. The second-order valence-electron chi connectivity index (χ2n) is 6.14.